The maximum atomic E-state index is 13.1. The van der Waals surface area contributed by atoms with Gasteiger partial charge in [-0.3, -0.25) is 13.9 Å². The number of aromatic nitrogens is 2. The zero-order chi connectivity index (χ0) is 19.5. The van der Waals surface area contributed by atoms with Crippen molar-refractivity contribution >= 4 is 22.7 Å². The van der Waals surface area contributed by atoms with Crippen molar-refractivity contribution < 1.29 is 0 Å². The largest absolute Gasteiger partial charge is 0.331 e. The minimum absolute atomic E-state index is 0.246. The number of benzene rings is 3. The monoisotopic (exact) mass is 388 g/mol. The molecule has 0 spiro atoms. The first kappa shape index (κ1) is 18.3. The first-order chi connectivity index (χ1) is 13.6. The van der Waals surface area contributed by atoms with Gasteiger partial charge in [-0.25, -0.2) is 4.79 Å². The predicted molar refractivity (Wildman–Crippen MR) is 115 cm³/mol. The Kier molecular flexibility index (Phi) is 5.17. The van der Waals surface area contributed by atoms with Gasteiger partial charge in [-0.1, -0.05) is 60.7 Å². The third kappa shape index (κ3) is 3.66. The van der Waals surface area contributed by atoms with Crippen LogP contribution in [0.1, 0.15) is 11.1 Å². The second kappa shape index (κ2) is 7.90. The number of rotatable bonds is 5. The Labute approximate surface area is 167 Å². The summed E-state index contributed by atoms with van der Waals surface area (Å²) < 4.78 is 2.86. The summed E-state index contributed by atoms with van der Waals surface area (Å²) >= 11 is 1.68. The third-order valence-corrected chi connectivity index (χ3v) is 5.82. The Morgan fingerprint density at radius 3 is 2.14 bits per heavy atom. The topological polar surface area (TPSA) is 44.0 Å². The Morgan fingerprint density at radius 2 is 1.46 bits per heavy atom. The maximum Gasteiger partial charge on any atom is 0.331 e. The van der Waals surface area contributed by atoms with Gasteiger partial charge < -0.3 is 0 Å². The smallest absolute Gasteiger partial charge is 0.296 e. The van der Waals surface area contributed by atoms with Crippen LogP contribution in [0.3, 0.4) is 0 Å². The Morgan fingerprint density at radius 1 is 0.821 bits per heavy atom. The fourth-order valence-electron chi connectivity index (χ4n) is 3.23. The minimum Gasteiger partial charge on any atom is -0.296 e. The Hall–Kier alpha value is -3.05. The third-order valence-electron chi connectivity index (χ3n) is 4.75. The second-order valence-electron chi connectivity index (χ2n) is 6.67. The zero-order valence-corrected chi connectivity index (χ0v) is 16.4. The molecule has 0 aliphatic heterocycles. The van der Waals surface area contributed by atoms with E-state index in [1.807, 2.05) is 66.7 Å². The number of nitrogens with zero attached hydrogens (tertiary/aromatic N) is 2. The molecule has 1 aromatic heterocycles. The van der Waals surface area contributed by atoms with Gasteiger partial charge in [0.2, 0.25) is 0 Å². The molecule has 4 aromatic rings. The van der Waals surface area contributed by atoms with Crippen LogP contribution in [0.15, 0.2) is 93.3 Å². The van der Waals surface area contributed by atoms with Crippen LogP contribution in [0.4, 0.5) is 0 Å². The molecule has 0 amide bonds. The van der Waals surface area contributed by atoms with E-state index in [4.69, 9.17) is 0 Å². The summed E-state index contributed by atoms with van der Waals surface area (Å²) in [6.45, 7) is 0.268. The molecule has 140 valence electrons. The lowest BCUT2D eigenvalue weighted by Crippen LogP contribution is -2.39. The first-order valence-corrected chi connectivity index (χ1v) is 10.1. The van der Waals surface area contributed by atoms with Gasteiger partial charge in [0.15, 0.2) is 0 Å². The highest BCUT2D eigenvalue weighted by Gasteiger charge is 2.12. The van der Waals surface area contributed by atoms with E-state index in [2.05, 4.69) is 12.1 Å². The molecule has 0 fully saturated rings. The van der Waals surface area contributed by atoms with Crippen LogP contribution >= 0.6 is 11.8 Å². The summed E-state index contributed by atoms with van der Waals surface area (Å²) in [6.07, 6.45) is 0. The van der Waals surface area contributed by atoms with E-state index in [1.165, 1.54) is 10.1 Å². The van der Waals surface area contributed by atoms with Crippen molar-refractivity contribution in [3.8, 4) is 0 Å². The lowest BCUT2D eigenvalue weighted by atomic mass is 10.2. The van der Waals surface area contributed by atoms with E-state index >= 15 is 0 Å². The average Bonchev–Trinajstić information content (AvgIpc) is 2.75. The van der Waals surface area contributed by atoms with Crippen molar-refractivity contribution in [2.24, 2.45) is 7.05 Å². The summed E-state index contributed by atoms with van der Waals surface area (Å²) in [6, 6.07) is 25.5. The lowest BCUT2D eigenvalue weighted by Gasteiger charge is -2.12. The second-order valence-corrected chi connectivity index (χ2v) is 7.72. The molecule has 0 aliphatic rings. The maximum absolute atomic E-state index is 13.1. The number of aryl methyl sites for hydroxylation is 1. The van der Waals surface area contributed by atoms with Crippen LogP contribution in [-0.4, -0.2) is 9.13 Å². The molecule has 3 aromatic carbocycles. The van der Waals surface area contributed by atoms with Crippen LogP contribution < -0.4 is 11.2 Å². The Bertz CT molecular complexity index is 1230. The number of thioether (sulfide) groups is 1. The van der Waals surface area contributed by atoms with Crippen LogP contribution in [0.2, 0.25) is 0 Å². The lowest BCUT2D eigenvalue weighted by molar-refractivity contribution is 0.660. The molecule has 1 heterocycles. The fraction of sp³-hybridized carbons (Fsp3) is 0.130. The van der Waals surface area contributed by atoms with E-state index in [0.29, 0.717) is 10.9 Å². The quantitative estimate of drug-likeness (QED) is 0.485. The van der Waals surface area contributed by atoms with Crippen LogP contribution in [0.5, 0.6) is 0 Å². The van der Waals surface area contributed by atoms with E-state index in [9.17, 15) is 9.59 Å². The van der Waals surface area contributed by atoms with Crippen molar-refractivity contribution in [3.63, 3.8) is 0 Å². The molecule has 4 rings (SSSR count). The molecule has 0 saturated heterocycles. The normalized spacial score (nSPS) is 11.0. The molecule has 0 N–H and O–H groups in total. The molecule has 0 unspecified atom stereocenters. The summed E-state index contributed by atoms with van der Waals surface area (Å²) in [7, 11) is 1.71. The van der Waals surface area contributed by atoms with Gasteiger partial charge in [-0.2, -0.15) is 0 Å². The van der Waals surface area contributed by atoms with E-state index < -0.39 is 0 Å². The van der Waals surface area contributed by atoms with E-state index in [-0.39, 0.29) is 17.8 Å². The molecule has 4 nitrogen and oxygen atoms in total. The van der Waals surface area contributed by atoms with Gasteiger partial charge in [-0.05, 0) is 29.3 Å². The summed E-state index contributed by atoms with van der Waals surface area (Å²) in [5.74, 6) is 0.830. The molecule has 0 radical (unpaired) electrons. The first-order valence-electron chi connectivity index (χ1n) is 9.08. The highest BCUT2D eigenvalue weighted by Crippen LogP contribution is 2.25. The van der Waals surface area contributed by atoms with Gasteiger partial charge >= 0.3 is 5.69 Å². The summed E-state index contributed by atoms with van der Waals surface area (Å²) in [4.78, 5) is 26.8. The highest BCUT2D eigenvalue weighted by molar-refractivity contribution is 7.98. The van der Waals surface area contributed by atoms with Crippen molar-refractivity contribution in [3.05, 3.63) is 111 Å². The van der Waals surface area contributed by atoms with Crippen molar-refractivity contribution in [2.75, 3.05) is 0 Å². The van der Waals surface area contributed by atoms with E-state index in [0.717, 1.165) is 16.2 Å². The fourth-order valence-corrected chi connectivity index (χ4v) is 4.12. The SMILES string of the molecule is Cn1c(=O)n(Cc2ccccc2)c(=O)c2cc(SCc3ccccc3)ccc21. The minimum atomic E-state index is -0.300. The number of hydrogen-bond acceptors (Lipinski definition) is 3. The van der Waals surface area contributed by atoms with Crippen LogP contribution in [0.25, 0.3) is 10.9 Å². The standard InChI is InChI=1S/C23H20N2O2S/c1-24-21-13-12-19(28-16-18-10-6-3-7-11-18)14-20(21)22(26)25(23(24)27)15-17-8-4-2-5-9-17/h2-14H,15-16H2,1H3. The molecule has 0 saturated carbocycles. The summed E-state index contributed by atoms with van der Waals surface area (Å²) in [5, 5.41) is 0.566. The summed E-state index contributed by atoms with van der Waals surface area (Å²) in [5.41, 5.74) is 2.27. The van der Waals surface area contributed by atoms with Gasteiger partial charge in [0.1, 0.15) is 0 Å². The van der Waals surface area contributed by atoms with Crippen molar-refractivity contribution in [1.29, 1.82) is 0 Å². The Balaban J connectivity index is 1.73. The van der Waals surface area contributed by atoms with Gasteiger partial charge in [0.05, 0.1) is 17.4 Å². The average molecular weight is 388 g/mol. The molecule has 0 atom stereocenters. The number of hydrogen-bond donors (Lipinski definition) is 0. The van der Waals surface area contributed by atoms with E-state index in [1.54, 1.807) is 23.4 Å². The molecule has 28 heavy (non-hydrogen) atoms. The van der Waals surface area contributed by atoms with Crippen LogP contribution in [0, 0.1) is 0 Å². The van der Waals surface area contributed by atoms with Crippen molar-refractivity contribution in [1.82, 2.24) is 9.13 Å². The van der Waals surface area contributed by atoms with Gasteiger partial charge in [0, 0.05) is 17.7 Å². The molecular formula is C23H20N2O2S. The molecular weight excluding hydrogens is 368 g/mol. The number of fused-ring (bicyclic) bond motifs is 1. The van der Waals surface area contributed by atoms with Gasteiger partial charge in [0.25, 0.3) is 5.56 Å². The van der Waals surface area contributed by atoms with Crippen LogP contribution in [-0.2, 0) is 19.3 Å². The predicted octanol–water partition coefficient (Wildman–Crippen LogP) is 4.04. The van der Waals surface area contributed by atoms with Crippen molar-refractivity contribution in [2.45, 2.75) is 17.2 Å². The molecule has 5 heteroatoms. The highest BCUT2D eigenvalue weighted by atomic mass is 32.2. The zero-order valence-electron chi connectivity index (χ0n) is 15.5. The molecule has 0 aliphatic carbocycles. The van der Waals surface area contributed by atoms with Gasteiger partial charge in [-0.15, -0.1) is 11.8 Å². The molecule has 0 bridgehead atoms.